The third-order valence-electron chi connectivity index (χ3n) is 3.27. The van der Waals surface area contributed by atoms with Crippen LogP contribution in [0.2, 0.25) is 0 Å². The van der Waals surface area contributed by atoms with E-state index in [1.807, 2.05) is 6.07 Å². The number of hydrogen-bond acceptors (Lipinski definition) is 3. The standard InChI is InChI=1S/C17H23N3/c1-5-10-18-16-11-15(19-12-20-16)13-6-8-14(9-7-13)17(2,3)4/h6-9,11-12H,5,10H2,1-4H3,(H,18,19,20). The molecule has 0 bridgehead atoms. The van der Waals surface area contributed by atoms with E-state index in [1.54, 1.807) is 6.33 Å². The molecule has 0 aliphatic carbocycles. The van der Waals surface area contributed by atoms with Crippen molar-refractivity contribution < 1.29 is 0 Å². The number of nitrogens with one attached hydrogen (secondary N) is 1. The second-order valence-electron chi connectivity index (χ2n) is 6.04. The van der Waals surface area contributed by atoms with Gasteiger partial charge in [0.1, 0.15) is 12.1 Å². The minimum Gasteiger partial charge on any atom is -0.370 e. The van der Waals surface area contributed by atoms with Gasteiger partial charge in [-0.25, -0.2) is 9.97 Å². The lowest BCUT2D eigenvalue weighted by Crippen LogP contribution is -2.10. The van der Waals surface area contributed by atoms with Crippen LogP contribution in [0.5, 0.6) is 0 Å². The summed E-state index contributed by atoms with van der Waals surface area (Å²) in [5, 5.41) is 3.29. The van der Waals surface area contributed by atoms with Crippen molar-refractivity contribution >= 4 is 5.82 Å². The van der Waals surface area contributed by atoms with E-state index in [0.29, 0.717) is 0 Å². The molecule has 3 nitrogen and oxygen atoms in total. The summed E-state index contributed by atoms with van der Waals surface area (Å²) in [4.78, 5) is 8.60. The Morgan fingerprint density at radius 2 is 1.75 bits per heavy atom. The Labute approximate surface area is 121 Å². The average Bonchev–Trinajstić information content (AvgIpc) is 2.45. The number of benzene rings is 1. The Hall–Kier alpha value is -1.90. The van der Waals surface area contributed by atoms with Crippen LogP contribution >= 0.6 is 0 Å². The fourth-order valence-corrected chi connectivity index (χ4v) is 2.01. The van der Waals surface area contributed by atoms with E-state index in [-0.39, 0.29) is 5.41 Å². The van der Waals surface area contributed by atoms with Crippen molar-refractivity contribution in [3.63, 3.8) is 0 Å². The molecule has 1 heterocycles. The van der Waals surface area contributed by atoms with Gasteiger partial charge in [-0.3, -0.25) is 0 Å². The lowest BCUT2D eigenvalue weighted by molar-refractivity contribution is 0.590. The summed E-state index contributed by atoms with van der Waals surface area (Å²) < 4.78 is 0. The second kappa shape index (κ2) is 6.04. The molecule has 0 aliphatic heterocycles. The third-order valence-corrected chi connectivity index (χ3v) is 3.27. The van der Waals surface area contributed by atoms with E-state index >= 15 is 0 Å². The first-order chi connectivity index (χ1) is 9.50. The van der Waals surface area contributed by atoms with E-state index in [4.69, 9.17) is 0 Å². The smallest absolute Gasteiger partial charge is 0.129 e. The Morgan fingerprint density at radius 3 is 2.35 bits per heavy atom. The van der Waals surface area contributed by atoms with Crippen LogP contribution in [0.3, 0.4) is 0 Å². The van der Waals surface area contributed by atoms with Crippen LogP contribution < -0.4 is 5.32 Å². The molecule has 0 fully saturated rings. The van der Waals surface area contributed by atoms with Crippen LogP contribution in [0.1, 0.15) is 39.7 Å². The van der Waals surface area contributed by atoms with Gasteiger partial charge in [-0.05, 0) is 17.4 Å². The van der Waals surface area contributed by atoms with Crippen LogP contribution in [0, 0.1) is 0 Å². The summed E-state index contributed by atoms with van der Waals surface area (Å²) in [7, 11) is 0. The molecule has 1 aromatic heterocycles. The van der Waals surface area contributed by atoms with Crippen LogP contribution in [-0.2, 0) is 5.41 Å². The minimum absolute atomic E-state index is 0.179. The normalized spacial score (nSPS) is 11.4. The van der Waals surface area contributed by atoms with Gasteiger partial charge in [0, 0.05) is 18.2 Å². The van der Waals surface area contributed by atoms with Crippen molar-refractivity contribution in [2.24, 2.45) is 0 Å². The summed E-state index contributed by atoms with van der Waals surface area (Å²) in [5.74, 6) is 0.886. The van der Waals surface area contributed by atoms with Gasteiger partial charge in [0.25, 0.3) is 0 Å². The maximum atomic E-state index is 4.36. The van der Waals surface area contributed by atoms with Crippen molar-refractivity contribution in [3.05, 3.63) is 42.2 Å². The molecular formula is C17H23N3. The van der Waals surface area contributed by atoms with E-state index in [0.717, 1.165) is 30.0 Å². The quantitative estimate of drug-likeness (QED) is 0.901. The number of nitrogens with zero attached hydrogens (tertiary/aromatic N) is 2. The molecule has 3 heteroatoms. The first kappa shape index (κ1) is 14.5. The number of rotatable bonds is 4. The number of anilines is 1. The number of hydrogen-bond donors (Lipinski definition) is 1. The molecule has 0 saturated heterocycles. The molecule has 1 N–H and O–H groups in total. The van der Waals surface area contributed by atoms with Gasteiger partial charge in [-0.1, -0.05) is 52.0 Å². The maximum Gasteiger partial charge on any atom is 0.129 e. The first-order valence-corrected chi connectivity index (χ1v) is 7.17. The lowest BCUT2D eigenvalue weighted by Gasteiger charge is -2.19. The molecule has 20 heavy (non-hydrogen) atoms. The van der Waals surface area contributed by atoms with Gasteiger partial charge in [-0.2, -0.15) is 0 Å². The zero-order chi connectivity index (χ0) is 14.6. The topological polar surface area (TPSA) is 37.8 Å². The van der Waals surface area contributed by atoms with Crippen molar-refractivity contribution in [2.45, 2.75) is 39.5 Å². The SMILES string of the molecule is CCCNc1cc(-c2ccc(C(C)(C)C)cc2)ncn1. The predicted molar refractivity (Wildman–Crippen MR) is 84.9 cm³/mol. The van der Waals surface area contributed by atoms with Crippen molar-refractivity contribution in [1.82, 2.24) is 9.97 Å². The maximum absolute atomic E-state index is 4.36. The Balaban J connectivity index is 2.23. The molecule has 0 atom stereocenters. The molecule has 2 aromatic rings. The zero-order valence-corrected chi connectivity index (χ0v) is 12.8. The number of aromatic nitrogens is 2. The van der Waals surface area contributed by atoms with Gasteiger partial charge in [-0.15, -0.1) is 0 Å². The van der Waals surface area contributed by atoms with E-state index < -0.39 is 0 Å². The highest BCUT2D eigenvalue weighted by atomic mass is 15.0. The van der Waals surface area contributed by atoms with Gasteiger partial charge in [0.15, 0.2) is 0 Å². The minimum atomic E-state index is 0.179. The second-order valence-corrected chi connectivity index (χ2v) is 6.04. The van der Waals surface area contributed by atoms with Crippen molar-refractivity contribution in [2.75, 3.05) is 11.9 Å². The molecule has 0 radical (unpaired) electrons. The highest BCUT2D eigenvalue weighted by Crippen LogP contribution is 2.25. The van der Waals surface area contributed by atoms with Crippen LogP contribution in [0.15, 0.2) is 36.7 Å². The van der Waals surface area contributed by atoms with E-state index in [9.17, 15) is 0 Å². The highest BCUT2D eigenvalue weighted by molar-refractivity contribution is 5.62. The molecule has 0 unspecified atom stereocenters. The summed E-state index contributed by atoms with van der Waals surface area (Å²) in [6.07, 6.45) is 2.70. The Kier molecular flexibility index (Phi) is 4.38. The molecule has 2 rings (SSSR count). The highest BCUT2D eigenvalue weighted by Gasteiger charge is 2.13. The van der Waals surface area contributed by atoms with Crippen molar-refractivity contribution in [3.8, 4) is 11.3 Å². The van der Waals surface area contributed by atoms with E-state index in [1.165, 1.54) is 5.56 Å². The molecule has 106 valence electrons. The summed E-state index contributed by atoms with van der Waals surface area (Å²) in [5.41, 5.74) is 3.59. The zero-order valence-electron chi connectivity index (χ0n) is 12.8. The molecule has 0 aliphatic rings. The van der Waals surface area contributed by atoms with Crippen molar-refractivity contribution in [1.29, 1.82) is 0 Å². The summed E-state index contributed by atoms with van der Waals surface area (Å²) in [6, 6.07) is 10.6. The summed E-state index contributed by atoms with van der Waals surface area (Å²) in [6.45, 7) is 9.73. The largest absolute Gasteiger partial charge is 0.370 e. The Bertz CT molecular complexity index is 553. The van der Waals surface area contributed by atoms with Gasteiger partial charge in [0.2, 0.25) is 0 Å². The molecule has 0 spiro atoms. The van der Waals surface area contributed by atoms with Crippen LogP contribution in [0.4, 0.5) is 5.82 Å². The van der Waals surface area contributed by atoms with Gasteiger partial charge >= 0.3 is 0 Å². The monoisotopic (exact) mass is 269 g/mol. The molecular weight excluding hydrogens is 246 g/mol. The fourth-order valence-electron chi connectivity index (χ4n) is 2.01. The average molecular weight is 269 g/mol. The fraction of sp³-hybridized carbons (Fsp3) is 0.412. The van der Waals surface area contributed by atoms with Crippen LogP contribution in [-0.4, -0.2) is 16.5 Å². The molecule has 1 aromatic carbocycles. The predicted octanol–water partition coefficient (Wildman–Crippen LogP) is 4.26. The van der Waals surface area contributed by atoms with E-state index in [2.05, 4.69) is 67.2 Å². The lowest BCUT2D eigenvalue weighted by atomic mass is 9.86. The summed E-state index contributed by atoms with van der Waals surface area (Å²) >= 11 is 0. The Morgan fingerprint density at radius 1 is 1.05 bits per heavy atom. The first-order valence-electron chi connectivity index (χ1n) is 7.17. The van der Waals surface area contributed by atoms with Gasteiger partial charge in [0.05, 0.1) is 5.69 Å². The van der Waals surface area contributed by atoms with Crippen LogP contribution in [0.25, 0.3) is 11.3 Å². The third kappa shape index (κ3) is 3.56. The molecule has 0 amide bonds. The molecule has 0 saturated carbocycles. The van der Waals surface area contributed by atoms with Gasteiger partial charge < -0.3 is 5.32 Å².